The van der Waals surface area contributed by atoms with Crippen LogP contribution in [0.4, 0.5) is 17.6 Å². The fourth-order valence-corrected chi connectivity index (χ4v) is 3.03. The fourth-order valence-electron chi connectivity index (χ4n) is 2.14. The third-order valence-electron chi connectivity index (χ3n) is 3.30. The van der Waals surface area contributed by atoms with Crippen LogP contribution in [0.1, 0.15) is 11.1 Å². The van der Waals surface area contributed by atoms with Gasteiger partial charge in [-0.2, -0.15) is 13.2 Å². The van der Waals surface area contributed by atoms with Crippen LogP contribution in [0.3, 0.4) is 0 Å². The maximum Gasteiger partial charge on any atom is 0.417 e. The van der Waals surface area contributed by atoms with Gasteiger partial charge in [0.1, 0.15) is 11.6 Å². The van der Waals surface area contributed by atoms with E-state index in [1.807, 2.05) is 0 Å². The summed E-state index contributed by atoms with van der Waals surface area (Å²) in [4.78, 5) is 0. The number of aromatic nitrogens is 3. The zero-order chi connectivity index (χ0) is 17.3. The van der Waals surface area contributed by atoms with Crippen LogP contribution in [-0.2, 0) is 11.9 Å². The molecule has 0 aliphatic heterocycles. The van der Waals surface area contributed by atoms with E-state index in [9.17, 15) is 17.6 Å². The first-order chi connectivity index (χ1) is 11.4. The number of alkyl halides is 3. The quantitative estimate of drug-likeness (QED) is 0.519. The van der Waals surface area contributed by atoms with Crippen molar-refractivity contribution in [3.8, 4) is 5.75 Å². The maximum atomic E-state index is 13.4. The lowest BCUT2D eigenvalue weighted by Crippen LogP contribution is -2.06. The van der Waals surface area contributed by atoms with Crippen molar-refractivity contribution in [2.45, 2.75) is 17.1 Å². The van der Waals surface area contributed by atoms with E-state index in [0.717, 1.165) is 24.0 Å². The van der Waals surface area contributed by atoms with E-state index in [2.05, 4.69) is 10.2 Å². The summed E-state index contributed by atoms with van der Waals surface area (Å²) in [5.74, 6) is 0.350. The van der Waals surface area contributed by atoms with Gasteiger partial charge in [-0.05, 0) is 30.3 Å². The molecule has 0 spiro atoms. The van der Waals surface area contributed by atoms with Gasteiger partial charge in [-0.1, -0.05) is 11.8 Å². The Balaban J connectivity index is 1.89. The first kappa shape index (κ1) is 16.6. The number of thioether (sulfide) groups is 1. The maximum absolute atomic E-state index is 13.4. The summed E-state index contributed by atoms with van der Waals surface area (Å²) in [6.45, 7) is 0. The Morgan fingerprint density at radius 2 is 1.96 bits per heavy atom. The van der Waals surface area contributed by atoms with Crippen molar-refractivity contribution < 1.29 is 22.3 Å². The number of pyridine rings is 1. The van der Waals surface area contributed by atoms with Crippen LogP contribution in [0.25, 0.3) is 5.65 Å². The first-order valence-corrected chi connectivity index (χ1v) is 7.74. The lowest BCUT2D eigenvalue weighted by molar-refractivity contribution is -0.137. The summed E-state index contributed by atoms with van der Waals surface area (Å²) in [7, 11) is 1.46. The Bertz CT molecular complexity index is 879. The molecule has 0 saturated carbocycles. The number of rotatable bonds is 4. The molecule has 24 heavy (non-hydrogen) atoms. The molecule has 4 nitrogen and oxygen atoms in total. The molecular weight excluding hydrogens is 346 g/mol. The van der Waals surface area contributed by atoms with Crippen molar-refractivity contribution in [1.29, 1.82) is 0 Å². The van der Waals surface area contributed by atoms with E-state index < -0.39 is 17.6 Å². The second-order valence-electron chi connectivity index (χ2n) is 4.87. The predicted molar refractivity (Wildman–Crippen MR) is 80.5 cm³/mol. The van der Waals surface area contributed by atoms with Crippen molar-refractivity contribution in [2.75, 3.05) is 7.11 Å². The Morgan fingerprint density at radius 3 is 2.67 bits per heavy atom. The molecular formula is C15H11F4N3OS. The average Bonchev–Trinajstić information content (AvgIpc) is 2.94. The standard InChI is InChI=1S/C15H11F4N3OS/c1-23-12-4-3-11(16)6-9(12)8-24-14-21-20-13-5-2-10(7-22(13)14)15(17,18)19/h2-7H,8H2,1H3. The molecule has 3 rings (SSSR count). The van der Waals surface area contributed by atoms with E-state index in [4.69, 9.17) is 4.74 Å². The van der Waals surface area contributed by atoms with Crippen LogP contribution in [0, 0.1) is 5.82 Å². The highest BCUT2D eigenvalue weighted by Gasteiger charge is 2.31. The molecule has 0 saturated heterocycles. The van der Waals surface area contributed by atoms with Crippen LogP contribution in [0.2, 0.25) is 0 Å². The smallest absolute Gasteiger partial charge is 0.417 e. The summed E-state index contributed by atoms with van der Waals surface area (Å²) < 4.78 is 58.3. The van der Waals surface area contributed by atoms with Gasteiger partial charge in [0.05, 0.1) is 12.7 Å². The zero-order valence-corrected chi connectivity index (χ0v) is 13.2. The van der Waals surface area contributed by atoms with Crippen LogP contribution in [0.15, 0.2) is 41.7 Å². The summed E-state index contributed by atoms with van der Waals surface area (Å²) in [6.07, 6.45) is -3.51. The molecule has 0 aliphatic carbocycles. The van der Waals surface area contributed by atoms with Crippen LogP contribution < -0.4 is 4.74 Å². The average molecular weight is 357 g/mol. The topological polar surface area (TPSA) is 39.4 Å². The van der Waals surface area contributed by atoms with Gasteiger partial charge < -0.3 is 4.74 Å². The van der Waals surface area contributed by atoms with E-state index in [1.54, 1.807) is 0 Å². The number of methoxy groups -OCH3 is 1. The van der Waals surface area contributed by atoms with Gasteiger partial charge in [-0.25, -0.2) is 4.39 Å². The third-order valence-corrected chi connectivity index (χ3v) is 4.29. The van der Waals surface area contributed by atoms with Gasteiger partial charge in [0.15, 0.2) is 10.8 Å². The van der Waals surface area contributed by atoms with Crippen molar-refractivity contribution in [3.05, 3.63) is 53.5 Å². The van der Waals surface area contributed by atoms with Gasteiger partial charge in [-0.3, -0.25) is 4.40 Å². The molecule has 1 aromatic carbocycles. The molecule has 0 amide bonds. The summed E-state index contributed by atoms with van der Waals surface area (Å²) in [6, 6.07) is 6.29. The summed E-state index contributed by atoms with van der Waals surface area (Å²) in [5, 5.41) is 8.00. The number of fused-ring (bicyclic) bond motifs is 1. The SMILES string of the molecule is COc1ccc(F)cc1CSc1nnc2ccc(C(F)(F)F)cn12. The number of hydrogen-bond acceptors (Lipinski definition) is 4. The molecule has 0 unspecified atom stereocenters. The van der Waals surface area contributed by atoms with Crippen molar-refractivity contribution in [3.63, 3.8) is 0 Å². The first-order valence-electron chi connectivity index (χ1n) is 6.75. The van der Waals surface area contributed by atoms with Gasteiger partial charge in [0.25, 0.3) is 0 Å². The van der Waals surface area contributed by atoms with Crippen LogP contribution in [0.5, 0.6) is 5.75 Å². The normalized spacial score (nSPS) is 11.9. The van der Waals surface area contributed by atoms with E-state index >= 15 is 0 Å². The second kappa shape index (κ2) is 6.31. The molecule has 0 N–H and O–H groups in total. The number of nitrogens with zero attached hydrogens (tertiary/aromatic N) is 3. The molecule has 0 atom stereocenters. The van der Waals surface area contributed by atoms with E-state index in [0.29, 0.717) is 17.0 Å². The Kier molecular flexibility index (Phi) is 4.35. The summed E-state index contributed by atoms with van der Waals surface area (Å²) in [5.41, 5.74) is 0.0860. The molecule has 3 aromatic rings. The predicted octanol–water partition coefficient (Wildman–Crippen LogP) is 4.19. The van der Waals surface area contributed by atoms with Crippen LogP contribution in [-0.4, -0.2) is 21.7 Å². The molecule has 2 heterocycles. The number of halogens is 4. The summed E-state index contributed by atoms with van der Waals surface area (Å²) >= 11 is 1.14. The van der Waals surface area contributed by atoms with Crippen molar-refractivity contribution in [2.24, 2.45) is 0 Å². The monoisotopic (exact) mass is 357 g/mol. The molecule has 0 fully saturated rings. The molecule has 0 radical (unpaired) electrons. The van der Waals surface area contributed by atoms with Crippen LogP contribution >= 0.6 is 11.8 Å². The minimum Gasteiger partial charge on any atom is -0.496 e. The van der Waals surface area contributed by atoms with E-state index in [-0.39, 0.29) is 10.9 Å². The largest absolute Gasteiger partial charge is 0.496 e. The Morgan fingerprint density at radius 1 is 1.17 bits per heavy atom. The number of hydrogen-bond donors (Lipinski definition) is 0. The Hall–Kier alpha value is -2.29. The number of benzene rings is 1. The van der Waals surface area contributed by atoms with Gasteiger partial charge >= 0.3 is 6.18 Å². The second-order valence-corrected chi connectivity index (χ2v) is 5.81. The molecule has 126 valence electrons. The lowest BCUT2D eigenvalue weighted by Gasteiger charge is -2.09. The van der Waals surface area contributed by atoms with Gasteiger partial charge in [-0.15, -0.1) is 10.2 Å². The highest BCUT2D eigenvalue weighted by atomic mass is 32.2. The highest BCUT2D eigenvalue weighted by Crippen LogP contribution is 2.31. The zero-order valence-electron chi connectivity index (χ0n) is 12.3. The molecule has 9 heteroatoms. The van der Waals surface area contributed by atoms with Gasteiger partial charge in [0.2, 0.25) is 0 Å². The highest BCUT2D eigenvalue weighted by molar-refractivity contribution is 7.98. The molecule has 0 aliphatic rings. The number of ether oxygens (including phenoxy) is 1. The van der Waals surface area contributed by atoms with E-state index in [1.165, 1.54) is 35.8 Å². The fraction of sp³-hybridized carbons (Fsp3) is 0.200. The lowest BCUT2D eigenvalue weighted by atomic mass is 10.2. The third kappa shape index (κ3) is 3.30. The van der Waals surface area contributed by atoms with Crippen molar-refractivity contribution >= 4 is 17.4 Å². The van der Waals surface area contributed by atoms with Crippen molar-refractivity contribution in [1.82, 2.24) is 14.6 Å². The minimum absolute atomic E-state index is 0.276. The van der Waals surface area contributed by atoms with Gasteiger partial charge in [0, 0.05) is 17.5 Å². The Labute approximate surface area is 138 Å². The molecule has 2 aromatic heterocycles. The molecule has 0 bridgehead atoms. The minimum atomic E-state index is -4.45.